The highest BCUT2D eigenvalue weighted by Crippen LogP contribution is 2.29. The molecule has 2 rings (SSSR count). The minimum Gasteiger partial charge on any atom is -0.349 e. The van der Waals surface area contributed by atoms with Gasteiger partial charge in [0.15, 0.2) is 0 Å². The lowest BCUT2D eigenvalue weighted by Crippen LogP contribution is -2.31. The van der Waals surface area contributed by atoms with E-state index in [-0.39, 0.29) is 29.2 Å². The Labute approximate surface area is 178 Å². The van der Waals surface area contributed by atoms with Crippen LogP contribution in [0.5, 0.6) is 0 Å². The van der Waals surface area contributed by atoms with Crippen LogP contribution < -0.4 is 10.6 Å². The predicted octanol–water partition coefficient (Wildman–Crippen LogP) is 4.80. The van der Waals surface area contributed by atoms with Crippen molar-refractivity contribution in [2.24, 2.45) is 0 Å². The molecular weight excluding hydrogens is 388 g/mol. The molecule has 2 aromatic rings. The molecule has 7 heteroatoms. The number of rotatable bonds is 5. The van der Waals surface area contributed by atoms with E-state index in [1.807, 2.05) is 43.7 Å². The summed E-state index contributed by atoms with van der Waals surface area (Å²) in [5.74, 6) is 0.238. The van der Waals surface area contributed by atoms with E-state index < -0.39 is 6.04 Å². The van der Waals surface area contributed by atoms with E-state index in [0.717, 1.165) is 11.3 Å². The van der Waals surface area contributed by atoms with Gasteiger partial charge >= 0.3 is 0 Å². The highest BCUT2D eigenvalue weighted by molar-refractivity contribution is 6.30. The molecule has 6 nitrogen and oxygen atoms in total. The molecule has 1 aromatic heterocycles. The number of halogens is 1. The highest BCUT2D eigenvalue weighted by Gasteiger charge is 2.26. The van der Waals surface area contributed by atoms with Crippen LogP contribution in [0.15, 0.2) is 30.3 Å². The lowest BCUT2D eigenvalue weighted by atomic mass is 9.92. The van der Waals surface area contributed by atoms with Crippen molar-refractivity contribution < 1.29 is 9.59 Å². The van der Waals surface area contributed by atoms with Gasteiger partial charge in [-0.15, -0.1) is 0 Å². The van der Waals surface area contributed by atoms with Crippen LogP contribution in [0.3, 0.4) is 0 Å². The third-order valence-corrected chi connectivity index (χ3v) is 4.67. The van der Waals surface area contributed by atoms with E-state index in [9.17, 15) is 9.59 Å². The number of aromatic nitrogens is 2. The molecule has 29 heavy (non-hydrogen) atoms. The van der Waals surface area contributed by atoms with E-state index in [0.29, 0.717) is 10.8 Å². The van der Waals surface area contributed by atoms with Gasteiger partial charge in [-0.2, -0.15) is 5.10 Å². The van der Waals surface area contributed by atoms with Crippen molar-refractivity contribution in [2.45, 2.75) is 71.9 Å². The maximum absolute atomic E-state index is 12.9. The van der Waals surface area contributed by atoms with Crippen molar-refractivity contribution in [3.8, 4) is 0 Å². The van der Waals surface area contributed by atoms with Crippen LogP contribution in [-0.4, -0.2) is 21.6 Å². The Kier molecular flexibility index (Phi) is 6.78. The van der Waals surface area contributed by atoms with Crippen LogP contribution in [-0.2, 0) is 20.5 Å². The van der Waals surface area contributed by atoms with Crippen LogP contribution >= 0.6 is 11.6 Å². The van der Waals surface area contributed by atoms with Crippen molar-refractivity contribution in [1.82, 2.24) is 15.1 Å². The Bertz CT molecular complexity index is 874. The number of benzene rings is 1. The number of anilines is 1. The molecule has 0 saturated carbocycles. The molecule has 158 valence electrons. The molecule has 2 N–H and O–H groups in total. The first-order chi connectivity index (χ1) is 13.3. The third-order valence-electron chi connectivity index (χ3n) is 4.42. The molecule has 0 saturated heterocycles. The fourth-order valence-electron chi connectivity index (χ4n) is 2.92. The van der Waals surface area contributed by atoms with Gasteiger partial charge in [-0.05, 0) is 38.5 Å². The first-order valence-corrected chi connectivity index (χ1v) is 10.1. The number of carbonyl (C=O) groups excluding carboxylic acids is 2. The summed E-state index contributed by atoms with van der Waals surface area (Å²) >= 11 is 5.96. The molecule has 1 unspecified atom stereocenters. The summed E-state index contributed by atoms with van der Waals surface area (Å²) in [6.07, 6.45) is 0.0986. The summed E-state index contributed by atoms with van der Waals surface area (Å²) in [7, 11) is 0. The fraction of sp³-hybridized carbons (Fsp3) is 0.500. The second-order valence-corrected chi connectivity index (χ2v) is 9.74. The monoisotopic (exact) mass is 418 g/mol. The number of hydrogen-bond acceptors (Lipinski definition) is 3. The van der Waals surface area contributed by atoms with Crippen molar-refractivity contribution >= 4 is 29.2 Å². The van der Waals surface area contributed by atoms with Crippen molar-refractivity contribution in [3.05, 3.63) is 46.6 Å². The quantitative estimate of drug-likeness (QED) is 0.732. The van der Waals surface area contributed by atoms with Crippen molar-refractivity contribution in [2.75, 3.05) is 5.32 Å². The van der Waals surface area contributed by atoms with Gasteiger partial charge in [-0.1, -0.05) is 44.5 Å². The lowest BCUT2D eigenvalue weighted by Gasteiger charge is -2.23. The van der Waals surface area contributed by atoms with Crippen LogP contribution in [0, 0.1) is 0 Å². The summed E-state index contributed by atoms with van der Waals surface area (Å²) < 4.78 is 1.83. The number of amides is 2. The zero-order valence-electron chi connectivity index (χ0n) is 18.3. The first-order valence-electron chi connectivity index (χ1n) is 9.71. The Hall–Kier alpha value is -2.34. The summed E-state index contributed by atoms with van der Waals surface area (Å²) in [5.41, 5.74) is 1.29. The van der Waals surface area contributed by atoms with Gasteiger partial charge < -0.3 is 10.6 Å². The molecule has 1 heterocycles. The zero-order valence-corrected chi connectivity index (χ0v) is 19.0. The molecule has 2 amide bonds. The second-order valence-electron chi connectivity index (χ2n) is 9.30. The molecule has 0 bridgehead atoms. The fourth-order valence-corrected chi connectivity index (χ4v) is 3.05. The van der Waals surface area contributed by atoms with Crippen molar-refractivity contribution in [1.29, 1.82) is 0 Å². The molecule has 0 aliphatic carbocycles. The van der Waals surface area contributed by atoms with Crippen LogP contribution in [0.4, 0.5) is 5.82 Å². The molecule has 0 aliphatic rings. The molecule has 0 fully saturated rings. The van der Waals surface area contributed by atoms with Gasteiger partial charge in [-0.3, -0.25) is 9.59 Å². The molecule has 1 aromatic carbocycles. The average molecular weight is 419 g/mol. The van der Waals surface area contributed by atoms with Crippen molar-refractivity contribution in [3.63, 3.8) is 0 Å². The molecular formula is C22H31ClN4O2. The van der Waals surface area contributed by atoms with E-state index in [2.05, 4.69) is 31.4 Å². The Morgan fingerprint density at radius 3 is 2.17 bits per heavy atom. The van der Waals surface area contributed by atoms with E-state index in [1.54, 1.807) is 12.1 Å². The minimum absolute atomic E-state index is 0.0986. The summed E-state index contributed by atoms with van der Waals surface area (Å²) in [6, 6.07) is 8.58. The maximum atomic E-state index is 12.9. The SMILES string of the molecule is CC(=O)NC(CC(=O)Nc1cc(C(C)(C)C)nn1C(C)(C)C)c1ccc(Cl)cc1. The van der Waals surface area contributed by atoms with E-state index in [4.69, 9.17) is 16.7 Å². The smallest absolute Gasteiger partial charge is 0.227 e. The van der Waals surface area contributed by atoms with E-state index in [1.165, 1.54) is 6.92 Å². The standard InChI is InChI=1S/C22H31ClN4O2/c1-14(28)24-17(15-8-10-16(23)11-9-15)12-20(29)25-19-13-18(21(2,3)4)26-27(19)22(5,6)7/h8-11,13,17H,12H2,1-7H3,(H,24,28)(H,25,29). The number of nitrogens with one attached hydrogen (secondary N) is 2. The largest absolute Gasteiger partial charge is 0.349 e. The van der Waals surface area contributed by atoms with E-state index >= 15 is 0 Å². The molecule has 1 atom stereocenters. The normalized spacial score (nSPS) is 13.1. The van der Waals surface area contributed by atoms with Crippen LogP contribution in [0.2, 0.25) is 5.02 Å². The predicted molar refractivity (Wildman–Crippen MR) is 117 cm³/mol. The maximum Gasteiger partial charge on any atom is 0.227 e. The Balaban J connectivity index is 2.26. The second kappa shape index (κ2) is 8.57. The van der Waals surface area contributed by atoms with Gasteiger partial charge in [0.1, 0.15) is 5.82 Å². The number of carbonyl (C=O) groups is 2. The molecule has 0 aliphatic heterocycles. The summed E-state index contributed by atoms with van der Waals surface area (Å²) in [4.78, 5) is 24.5. The third kappa shape index (κ3) is 6.32. The molecule has 0 spiro atoms. The highest BCUT2D eigenvalue weighted by atomic mass is 35.5. The molecule has 0 radical (unpaired) electrons. The van der Waals surface area contributed by atoms with Gasteiger partial charge in [0.25, 0.3) is 0 Å². The first kappa shape index (κ1) is 22.9. The lowest BCUT2D eigenvalue weighted by molar-refractivity contribution is -0.120. The van der Waals surface area contributed by atoms with Gasteiger partial charge in [-0.25, -0.2) is 4.68 Å². The Morgan fingerprint density at radius 2 is 1.69 bits per heavy atom. The topological polar surface area (TPSA) is 76.0 Å². The summed E-state index contributed by atoms with van der Waals surface area (Å²) in [5, 5.41) is 11.1. The van der Waals surface area contributed by atoms with Gasteiger partial charge in [0, 0.05) is 23.4 Å². The Morgan fingerprint density at radius 1 is 1.10 bits per heavy atom. The minimum atomic E-state index is -0.446. The average Bonchev–Trinajstić information content (AvgIpc) is 2.98. The zero-order chi connectivity index (χ0) is 22.0. The van der Waals surface area contributed by atoms with Gasteiger partial charge in [0.2, 0.25) is 11.8 Å². The summed E-state index contributed by atoms with van der Waals surface area (Å²) in [6.45, 7) is 13.8. The number of hydrogen-bond donors (Lipinski definition) is 2. The van der Waals surface area contributed by atoms with Crippen LogP contribution in [0.1, 0.15) is 72.2 Å². The van der Waals surface area contributed by atoms with Gasteiger partial charge in [0.05, 0.1) is 23.7 Å². The van der Waals surface area contributed by atoms with Crippen LogP contribution in [0.25, 0.3) is 0 Å². The number of nitrogens with zero attached hydrogens (tertiary/aromatic N) is 2.